The smallest absolute Gasteiger partial charge is 0.194 e. The Morgan fingerprint density at radius 2 is 2.04 bits per heavy atom. The molecule has 9 heteroatoms. The summed E-state index contributed by atoms with van der Waals surface area (Å²) in [6, 6.07) is 0.510. The first-order valence-electron chi connectivity index (χ1n) is 8.87. The summed E-state index contributed by atoms with van der Waals surface area (Å²) in [6.45, 7) is 3.24. The van der Waals surface area contributed by atoms with Crippen molar-refractivity contribution in [1.82, 2.24) is 34.8 Å². The average molecular weight is 472 g/mol. The normalized spacial score (nSPS) is 15.2. The predicted molar refractivity (Wildman–Crippen MR) is 112 cm³/mol. The van der Waals surface area contributed by atoms with Crippen molar-refractivity contribution in [1.29, 1.82) is 0 Å². The van der Waals surface area contributed by atoms with Crippen LogP contribution in [0, 0.1) is 6.92 Å². The number of guanidine groups is 1. The van der Waals surface area contributed by atoms with Crippen LogP contribution >= 0.6 is 24.0 Å². The molecule has 1 N–H and O–H groups in total. The van der Waals surface area contributed by atoms with Gasteiger partial charge >= 0.3 is 0 Å². The minimum atomic E-state index is 0. The molecule has 2 aromatic heterocycles. The highest BCUT2D eigenvalue weighted by atomic mass is 127. The highest BCUT2D eigenvalue weighted by Gasteiger charge is 2.19. The van der Waals surface area contributed by atoms with E-state index in [1.165, 1.54) is 31.2 Å². The molecule has 2 heterocycles. The maximum atomic E-state index is 4.82. The standard InChI is InChI=1S/C17H28N8.HI/c1-13-21-22-16(25(13)4)10-18-17(20-15-7-5-6-8-15)23(2)11-14-9-19-24(3)12-14;/h9,12,15H,5-8,10-11H2,1-4H3,(H,18,20);1H. The lowest BCUT2D eigenvalue weighted by molar-refractivity contribution is 0.456. The lowest BCUT2D eigenvalue weighted by Gasteiger charge is -2.25. The van der Waals surface area contributed by atoms with Gasteiger partial charge in [0.05, 0.1) is 6.20 Å². The molecule has 0 unspecified atom stereocenters. The molecule has 0 amide bonds. The van der Waals surface area contributed by atoms with Gasteiger partial charge in [0, 0.05) is 45.5 Å². The van der Waals surface area contributed by atoms with E-state index >= 15 is 0 Å². The van der Waals surface area contributed by atoms with Gasteiger partial charge in [0.25, 0.3) is 0 Å². The number of aryl methyl sites for hydroxylation is 2. The summed E-state index contributed by atoms with van der Waals surface area (Å²) in [5.74, 6) is 2.69. The number of hydrogen-bond donors (Lipinski definition) is 1. The van der Waals surface area contributed by atoms with Crippen LogP contribution in [0.3, 0.4) is 0 Å². The second-order valence-corrected chi connectivity index (χ2v) is 6.87. The van der Waals surface area contributed by atoms with Crippen molar-refractivity contribution in [2.24, 2.45) is 19.1 Å². The van der Waals surface area contributed by atoms with Gasteiger partial charge in [-0.1, -0.05) is 12.8 Å². The van der Waals surface area contributed by atoms with Crippen LogP contribution in [0.4, 0.5) is 0 Å². The van der Waals surface area contributed by atoms with Crippen LogP contribution in [0.2, 0.25) is 0 Å². The van der Waals surface area contributed by atoms with Gasteiger partial charge < -0.3 is 14.8 Å². The molecule has 8 nitrogen and oxygen atoms in total. The van der Waals surface area contributed by atoms with Gasteiger partial charge in [-0.15, -0.1) is 34.2 Å². The summed E-state index contributed by atoms with van der Waals surface area (Å²) >= 11 is 0. The van der Waals surface area contributed by atoms with E-state index in [2.05, 4.69) is 32.6 Å². The Balaban J connectivity index is 0.00000243. The molecule has 2 aromatic rings. The van der Waals surface area contributed by atoms with Crippen LogP contribution in [0.5, 0.6) is 0 Å². The zero-order valence-corrected chi connectivity index (χ0v) is 18.3. The van der Waals surface area contributed by atoms with Crippen LogP contribution in [0.1, 0.15) is 42.9 Å². The number of rotatable bonds is 5. The van der Waals surface area contributed by atoms with Crippen LogP contribution in [0.15, 0.2) is 17.4 Å². The molecule has 0 spiro atoms. The minimum absolute atomic E-state index is 0. The van der Waals surface area contributed by atoms with Gasteiger partial charge in [-0.2, -0.15) is 5.10 Å². The third kappa shape index (κ3) is 5.18. The van der Waals surface area contributed by atoms with Gasteiger partial charge in [-0.05, 0) is 19.8 Å². The summed E-state index contributed by atoms with van der Waals surface area (Å²) in [5, 5.41) is 16.2. The van der Waals surface area contributed by atoms with Gasteiger partial charge in [0.15, 0.2) is 11.8 Å². The van der Waals surface area contributed by atoms with Gasteiger partial charge in [0.2, 0.25) is 0 Å². The van der Waals surface area contributed by atoms with Crippen LogP contribution < -0.4 is 5.32 Å². The van der Waals surface area contributed by atoms with E-state index in [0.29, 0.717) is 12.6 Å². The van der Waals surface area contributed by atoms with Gasteiger partial charge in [0.1, 0.15) is 12.4 Å². The molecular weight excluding hydrogens is 443 g/mol. The lowest BCUT2D eigenvalue weighted by Crippen LogP contribution is -2.43. The van der Waals surface area contributed by atoms with Crippen molar-refractivity contribution in [2.45, 2.75) is 51.7 Å². The number of nitrogens with zero attached hydrogens (tertiary/aromatic N) is 7. The second-order valence-electron chi connectivity index (χ2n) is 6.87. The molecule has 1 saturated carbocycles. The first-order chi connectivity index (χ1) is 12.0. The van der Waals surface area contributed by atoms with E-state index in [1.54, 1.807) is 0 Å². The Labute approximate surface area is 172 Å². The Hall–Kier alpha value is -1.65. The number of nitrogens with one attached hydrogen (secondary N) is 1. The minimum Gasteiger partial charge on any atom is -0.353 e. The maximum absolute atomic E-state index is 4.82. The quantitative estimate of drug-likeness (QED) is 0.410. The predicted octanol–water partition coefficient (Wildman–Crippen LogP) is 2.00. The Morgan fingerprint density at radius 3 is 2.62 bits per heavy atom. The van der Waals surface area contributed by atoms with E-state index in [-0.39, 0.29) is 24.0 Å². The number of halogens is 1. The molecule has 0 bridgehead atoms. The summed E-state index contributed by atoms with van der Waals surface area (Å²) in [7, 11) is 5.98. The maximum Gasteiger partial charge on any atom is 0.194 e. The van der Waals surface area contributed by atoms with Crippen molar-refractivity contribution >= 4 is 29.9 Å². The van der Waals surface area contributed by atoms with Gasteiger partial charge in [-0.3, -0.25) is 4.68 Å². The van der Waals surface area contributed by atoms with Crippen molar-refractivity contribution < 1.29 is 0 Å². The molecule has 26 heavy (non-hydrogen) atoms. The molecule has 0 aliphatic heterocycles. The first kappa shape index (κ1) is 20.7. The number of hydrogen-bond acceptors (Lipinski definition) is 4. The molecule has 1 aliphatic carbocycles. The molecule has 3 rings (SSSR count). The van der Waals surface area contributed by atoms with E-state index in [4.69, 9.17) is 4.99 Å². The number of aliphatic imine (C=N–C) groups is 1. The molecule has 1 aliphatic rings. The fourth-order valence-corrected chi connectivity index (χ4v) is 3.17. The fourth-order valence-electron chi connectivity index (χ4n) is 3.17. The molecule has 0 aromatic carbocycles. The van der Waals surface area contributed by atoms with Crippen LogP contribution in [0.25, 0.3) is 0 Å². The molecule has 0 atom stereocenters. The highest BCUT2D eigenvalue weighted by molar-refractivity contribution is 14.0. The van der Waals surface area contributed by atoms with Crippen LogP contribution in [-0.4, -0.2) is 48.5 Å². The Morgan fingerprint density at radius 1 is 1.31 bits per heavy atom. The first-order valence-corrected chi connectivity index (χ1v) is 8.87. The summed E-state index contributed by atoms with van der Waals surface area (Å²) in [5.41, 5.74) is 1.17. The van der Waals surface area contributed by atoms with Crippen molar-refractivity contribution in [2.75, 3.05) is 7.05 Å². The van der Waals surface area contributed by atoms with E-state index in [1.807, 2.05) is 42.7 Å². The second kappa shape index (κ2) is 9.33. The van der Waals surface area contributed by atoms with Crippen molar-refractivity contribution in [3.8, 4) is 0 Å². The van der Waals surface area contributed by atoms with Crippen LogP contribution in [-0.2, 0) is 27.2 Å². The molecule has 1 fully saturated rings. The zero-order valence-electron chi connectivity index (χ0n) is 16.0. The highest BCUT2D eigenvalue weighted by Crippen LogP contribution is 2.18. The SMILES string of the molecule is Cc1nnc(CN=C(NC2CCCC2)N(C)Cc2cnn(C)c2)n1C.I. The number of aromatic nitrogens is 5. The van der Waals surface area contributed by atoms with Crippen molar-refractivity contribution in [3.63, 3.8) is 0 Å². The fraction of sp³-hybridized carbons (Fsp3) is 0.647. The molecular formula is C17H29IN8. The van der Waals surface area contributed by atoms with E-state index in [0.717, 1.165) is 24.2 Å². The zero-order chi connectivity index (χ0) is 17.8. The monoisotopic (exact) mass is 472 g/mol. The van der Waals surface area contributed by atoms with E-state index in [9.17, 15) is 0 Å². The summed E-state index contributed by atoms with van der Waals surface area (Å²) in [4.78, 5) is 6.97. The molecule has 144 valence electrons. The third-order valence-corrected chi connectivity index (χ3v) is 4.78. The molecule has 0 radical (unpaired) electrons. The average Bonchev–Trinajstić information content (AvgIpc) is 3.30. The van der Waals surface area contributed by atoms with Crippen molar-refractivity contribution in [3.05, 3.63) is 29.6 Å². The topological polar surface area (TPSA) is 76.2 Å². The van der Waals surface area contributed by atoms with E-state index < -0.39 is 0 Å². The Kier molecular flexibility index (Phi) is 7.42. The molecule has 0 saturated heterocycles. The Bertz CT molecular complexity index is 729. The third-order valence-electron chi connectivity index (χ3n) is 4.78. The summed E-state index contributed by atoms with van der Waals surface area (Å²) < 4.78 is 3.81. The largest absolute Gasteiger partial charge is 0.353 e. The van der Waals surface area contributed by atoms with Gasteiger partial charge in [-0.25, -0.2) is 4.99 Å². The summed E-state index contributed by atoms with van der Waals surface area (Å²) in [6.07, 6.45) is 8.94. The lowest BCUT2D eigenvalue weighted by atomic mass is 10.2.